The predicted octanol–water partition coefficient (Wildman–Crippen LogP) is 5.76. The molecule has 0 aliphatic heterocycles. The van der Waals surface area contributed by atoms with Crippen LogP contribution >= 0.6 is 0 Å². The average Bonchev–Trinajstić information content (AvgIpc) is 2.75. The van der Waals surface area contributed by atoms with Gasteiger partial charge in [-0.05, 0) is 74.6 Å². The molecule has 4 nitrogen and oxygen atoms in total. The van der Waals surface area contributed by atoms with Gasteiger partial charge in [-0.15, -0.1) is 0 Å². The SMILES string of the molecule is CCc1nc(-c2cc3c(cc2OC)CCCC3)c(CC)nc1NC(CC)CC. The lowest BCUT2D eigenvalue weighted by Crippen LogP contribution is -2.20. The molecule has 0 radical (unpaired) electrons. The lowest BCUT2D eigenvalue weighted by Gasteiger charge is -2.22. The van der Waals surface area contributed by atoms with Crippen LogP contribution in [0.2, 0.25) is 0 Å². The van der Waals surface area contributed by atoms with Gasteiger partial charge in [0.25, 0.3) is 0 Å². The van der Waals surface area contributed by atoms with E-state index in [2.05, 4.69) is 45.1 Å². The van der Waals surface area contributed by atoms with Gasteiger partial charge in [0.15, 0.2) is 0 Å². The molecule has 1 aliphatic rings. The number of nitrogens with one attached hydrogen (secondary N) is 1. The van der Waals surface area contributed by atoms with Gasteiger partial charge in [-0.25, -0.2) is 9.97 Å². The van der Waals surface area contributed by atoms with Crippen LogP contribution in [0.25, 0.3) is 11.3 Å². The molecule has 0 bridgehead atoms. The van der Waals surface area contributed by atoms with Crippen LogP contribution < -0.4 is 10.1 Å². The van der Waals surface area contributed by atoms with Crippen LogP contribution in [0, 0.1) is 0 Å². The number of aromatic nitrogens is 2. The van der Waals surface area contributed by atoms with Crippen molar-refractivity contribution in [2.75, 3.05) is 12.4 Å². The number of hydrogen-bond donors (Lipinski definition) is 1. The molecule has 0 spiro atoms. The molecule has 1 N–H and O–H groups in total. The summed E-state index contributed by atoms with van der Waals surface area (Å²) in [6, 6.07) is 4.98. The van der Waals surface area contributed by atoms with E-state index in [0.29, 0.717) is 6.04 Å². The molecule has 2 aromatic rings. The monoisotopic (exact) mass is 381 g/mol. The van der Waals surface area contributed by atoms with Crippen molar-refractivity contribution in [1.82, 2.24) is 9.97 Å². The van der Waals surface area contributed by atoms with E-state index in [9.17, 15) is 0 Å². The molecule has 1 aromatic heterocycles. The van der Waals surface area contributed by atoms with Gasteiger partial charge in [-0.3, -0.25) is 0 Å². The van der Waals surface area contributed by atoms with Gasteiger partial charge in [0.2, 0.25) is 0 Å². The van der Waals surface area contributed by atoms with E-state index in [1.54, 1.807) is 7.11 Å². The molecular weight excluding hydrogens is 346 g/mol. The van der Waals surface area contributed by atoms with E-state index in [1.165, 1.54) is 24.0 Å². The van der Waals surface area contributed by atoms with Gasteiger partial charge >= 0.3 is 0 Å². The highest BCUT2D eigenvalue weighted by atomic mass is 16.5. The standard InChI is InChI=1S/C24H35N3O/c1-6-18(7-2)25-24-21(9-4)26-23(20(8-3)27-24)19-14-16-12-10-11-13-17(16)15-22(19)28-5/h14-15,18H,6-13H2,1-5H3,(H,25,27). The van der Waals surface area contributed by atoms with Gasteiger partial charge < -0.3 is 10.1 Å². The van der Waals surface area contributed by atoms with Crippen molar-refractivity contribution < 1.29 is 4.74 Å². The minimum atomic E-state index is 0.438. The highest BCUT2D eigenvalue weighted by Crippen LogP contribution is 2.37. The minimum absolute atomic E-state index is 0.438. The van der Waals surface area contributed by atoms with Crippen molar-refractivity contribution in [2.24, 2.45) is 0 Å². The average molecular weight is 382 g/mol. The molecular formula is C24H35N3O. The molecule has 3 rings (SSSR count). The molecule has 0 amide bonds. The second-order valence-corrected chi connectivity index (χ2v) is 7.71. The van der Waals surface area contributed by atoms with Gasteiger partial charge in [0.1, 0.15) is 11.6 Å². The fraction of sp³-hybridized carbons (Fsp3) is 0.583. The highest BCUT2D eigenvalue weighted by molar-refractivity contribution is 5.72. The van der Waals surface area contributed by atoms with Crippen LogP contribution in [-0.2, 0) is 25.7 Å². The summed E-state index contributed by atoms with van der Waals surface area (Å²) in [7, 11) is 1.76. The van der Waals surface area contributed by atoms with Gasteiger partial charge in [0.05, 0.1) is 24.2 Å². The number of fused-ring (bicyclic) bond motifs is 1. The van der Waals surface area contributed by atoms with Crippen molar-refractivity contribution in [2.45, 2.75) is 85.1 Å². The molecule has 0 saturated heterocycles. The van der Waals surface area contributed by atoms with Crippen molar-refractivity contribution in [3.05, 3.63) is 34.6 Å². The molecule has 0 unspecified atom stereocenters. The number of ether oxygens (including phenoxy) is 1. The first kappa shape index (κ1) is 20.6. The Morgan fingerprint density at radius 1 is 0.929 bits per heavy atom. The van der Waals surface area contributed by atoms with E-state index in [4.69, 9.17) is 14.7 Å². The number of anilines is 1. The molecule has 0 fully saturated rings. The van der Waals surface area contributed by atoms with Crippen LogP contribution in [-0.4, -0.2) is 23.1 Å². The van der Waals surface area contributed by atoms with E-state index in [-0.39, 0.29) is 0 Å². The largest absolute Gasteiger partial charge is 0.496 e. The van der Waals surface area contributed by atoms with Crippen molar-refractivity contribution in [3.8, 4) is 17.0 Å². The summed E-state index contributed by atoms with van der Waals surface area (Å²) in [4.78, 5) is 10.1. The Morgan fingerprint density at radius 2 is 1.57 bits per heavy atom. The van der Waals surface area contributed by atoms with E-state index < -0.39 is 0 Å². The third-order valence-electron chi connectivity index (χ3n) is 5.96. The fourth-order valence-corrected chi connectivity index (χ4v) is 4.13. The van der Waals surface area contributed by atoms with Crippen molar-refractivity contribution >= 4 is 5.82 Å². The number of benzene rings is 1. The van der Waals surface area contributed by atoms with Crippen LogP contribution in [0.4, 0.5) is 5.82 Å². The predicted molar refractivity (Wildman–Crippen MR) is 117 cm³/mol. The van der Waals surface area contributed by atoms with Gasteiger partial charge in [-0.1, -0.05) is 27.7 Å². The normalized spacial score (nSPS) is 13.5. The number of nitrogens with zero attached hydrogens (tertiary/aromatic N) is 2. The van der Waals surface area contributed by atoms with Gasteiger partial charge in [-0.2, -0.15) is 0 Å². The first-order chi connectivity index (χ1) is 13.6. The molecule has 0 atom stereocenters. The number of methoxy groups -OCH3 is 1. The quantitative estimate of drug-likeness (QED) is 0.632. The molecule has 152 valence electrons. The lowest BCUT2D eigenvalue weighted by atomic mass is 9.89. The maximum Gasteiger partial charge on any atom is 0.148 e. The minimum Gasteiger partial charge on any atom is -0.496 e. The van der Waals surface area contributed by atoms with Crippen molar-refractivity contribution in [1.29, 1.82) is 0 Å². The number of aryl methyl sites for hydroxylation is 4. The first-order valence-electron chi connectivity index (χ1n) is 11.0. The Bertz CT molecular complexity index is 812. The van der Waals surface area contributed by atoms with Crippen LogP contribution in [0.5, 0.6) is 5.75 Å². The zero-order chi connectivity index (χ0) is 20.1. The zero-order valence-electron chi connectivity index (χ0n) is 18.2. The summed E-state index contributed by atoms with van der Waals surface area (Å²) in [5, 5.41) is 3.62. The number of hydrogen-bond acceptors (Lipinski definition) is 4. The smallest absolute Gasteiger partial charge is 0.148 e. The second kappa shape index (κ2) is 9.40. The summed E-state index contributed by atoms with van der Waals surface area (Å²) in [6.07, 6.45) is 8.72. The Morgan fingerprint density at radius 3 is 2.14 bits per heavy atom. The third kappa shape index (κ3) is 4.16. The van der Waals surface area contributed by atoms with Crippen LogP contribution in [0.15, 0.2) is 12.1 Å². The van der Waals surface area contributed by atoms with Crippen molar-refractivity contribution in [3.63, 3.8) is 0 Å². The maximum atomic E-state index is 5.79. The Labute approximate surface area is 170 Å². The molecule has 1 heterocycles. The Hall–Kier alpha value is -2.10. The topological polar surface area (TPSA) is 47.0 Å². The van der Waals surface area contributed by atoms with E-state index >= 15 is 0 Å². The number of rotatable bonds is 8. The third-order valence-corrected chi connectivity index (χ3v) is 5.96. The van der Waals surface area contributed by atoms with Gasteiger partial charge in [0, 0.05) is 11.6 Å². The summed E-state index contributed by atoms with van der Waals surface area (Å²) in [6.45, 7) is 8.74. The summed E-state index contributed by atoms with van der Waals surface area (Å²) in [5.74, 6) is 1.88. The summed E-state index contributed by atoms with van der Waals surface area (Å²) in [5.41, 5.74) is 7.04. The summed E-state index contributed by atoms with van der Waals surface area (Å²) < 4.78 is 5.79. The maximum absolute atomic E-state index is 5.79. The summed E-state index contributed by atoms with van der Waals surface area (Å²) >= 11 is 0. The molecule has 1 aromatic carbocycles. The molecule has 4 heteroatoms. The van der Waals surface area contributed by atoms with E-state index in [1.807, 2.05) is 0 Å². The van der Waals surface area contributed by atoms with Crippen LogP contribution in [0.3, 0.4) is 0 Å². The lowest BCUT2D eigenvalue weighted by molar-refractivity contribution is 0.415. The van der Waals surface area contributed by atoms with E-state index in [0.717, 1.165) is 72.7 Å². The molecule has 0 saturated carbocycles. The highest BCUT2D eigenvalue weighted by Gasteiger charge is 2.20. The zero-order valence-corrected chi connectivity index (χ0v) is 18.2. The van der Waals surface area contributed by atoms with Crippen LogP contribution in [0.1, 0.15) is 75.9 Å². The fourth-order valence-electron chi connectivity index (χ4n) is 4.13. The second-order valence-electron chi connectivity index (χ2n) is 7.71. The molecule has 1 aliphatic carbocycles. The Kier molecular flexibility index (Phi) is 6.93. The molecule has 28 heavy (non-hydrogen) atoms. The Balaban J connectivity index is 2.11. The first-order valence-corrected chi connectivity index (χ1v) is 11.0.